The quantitative estimate of drug-likeness (QED) is 0.688. The highest BCUT2D eigenvalue weighted by atomic mass is 79.9. The van der Waals surface area contributed by atoms with Crippen molar-refractivity contribution in [3.8, 4) is 0 Å². The van der Waals surface area contributed by atoms with Gasteiger partial charge in [0.1, 0.15) is 0 Å². The molecule has 1 aliphatic rings. The Morgan fingerprint density at radius 3 is 3.00 bits per heavy atom. The molecule has 0 amide bonds. The molecule has 0 N–H and O–H groups in total. The number of piperidine rings is 1. The predicted octanol–water partition coefficient (Wildman–Crippen LogP) is 2.63. The molecule has 0 spiro atoms. The Labute approximate surface area is 77.6 Å². The van der Waals surface area contributed by atoms with E-state index >= 15 is 0 Å². The van der Waals surface area contributed by atoms with E-state index in [1.165, 1.54) is 25.9 Å². The van der Waals surface area contributed by atoms with Crippen molar-refractivity contribution < 1.29 is 0 Å². The van der Waals surface area contributed by atoms with Crippen LogP contribution in [0.1, 0.15) is 19.8 Å². The minimum Gasteiger partial charge on any atom is -0.298 e. The monoisotopic (exact) mass is 217 g/mol. The van der Waals surface area contributed by atoms with E-state index in [1.807, 2.05) is 0 Å². The summed E-state index contributed by atoms with van der Waals surface area (Å²) < 4.78 is 1.10. The Kier molecular flexibility index (Phi) is 3.60. The van der Waals surface area contributed by atoms with Gasteiger partial charge in [-0.1, -0.05) is 29.4 Å². The molecule has 0 aromatic rings. The minimum atomic E-state index is 0.871. The van der Waals surface area contributed by atoms with Crippen LogP contribution in [-0.2, 0) is 0 Å². The third-order valence-electron chi connectivity index (χ3n) is 2.14. The summed E-state index contributed by atoms with van der Waals surface area (Å²) in [6.45, 7) is 9.68. The van der Waals surface area contributed by atoms with Crippen LogP contribution in [0.5, 0.6) is 0 Å². The number of hydrogen-bond donors (Lipinski definition) is 0. The Balaban J connectivity index is 2.28. The lowest BCUT2D eigenvalue weighted by Gasteiger charge is -2.30. The topological polar surface area (TPSA) is 3.24 Å². The van der Waals surface area contributed by atoms with Crippen LogP contribution in [0.25, 0.3) is 0 Å². The van der Waals surface area contributed by atoms with Crippen molar-refractivity contribution in [2.75, 3.05) is 19.6 Å². The fourth-order valence-corrected chi connectivity index (χ4v) is 2.03. The molecule has 0 aromatic carbocycles. The van der Waals surface area contributed by atoms with Gasteiger partial charge in [-0.2, -0.15) is 0 Å². The van der Waals surface area contributed by atoms with E-state index in [4.69, 9.17) is 0 Å². The van der Waals surface area contributed by atoms with E-state index in [1.54, 1.807) is 0 Å². The van der Waals surface area contributed by atoms with Gasteiger partial charge in [-0.15, -0.1) is 0 Å². The molecular weight excluding hydrogens is 202 g/mol. The Morgan fingerprint density at radius 1 is 1.73 bits per heavy atom. The van der Waals surface area contributed by atoms with Gasteiger partial charge in [0.05, 0.1) is 0 Å². The highest BCUT2D eigenvalue weighted by Crippen LogP contribution is 2.17. The molecular formula is C9H16BrN. The normalized spacial score (nSPS) is 26.9. The summed E-state index contributed by atoms with van der Waals surface area (Å²) in [5.74, 6) is 0.871. The zero-order valence-electron chi connectivity index (χ0n) is 7.15. The molecule has 1 fully saturated rings. The zero-order chi connectivity index (χ0) is 8.27. The fraction of sp³-hybridized carbons (Fsp3) is 0.778. The van der Waals surface area contributed by atoms with Gasteiger partial charge in [-0.25, -0.2) is 0 Å². The van der Waals surface area contributed by atoms with E-state index in [-0.39, 0.29) is 0 Å². The van der Waals surface area contributed by atoms with Gasteiger partial charge in [0, 0.05) is 17.6 Å². The molecule has 0 saturated carbocycles. The minimum absolute atomic E-state index is 0.871. The van der Waals surface area contributed by atoms with Gasteiger partial charge in [0.25, 0.3) is 0 Å². The Hall–Kier alpha value is 0.180. The summed E-state index contributed by atoms with van der Waals surface area (Å²) >= 11 is 3.39. The van der Waals surface area contributed by atoms with Crippen LogP contribution in [0.4, 0.5) is 0 Å². The van der Waals surface area contributed by atoms with E-state index in [9.17, 15) is 0 Å². The number of nitrogens with zero attached hydrogens (tertiary/aromatic N) is 1. The molecule has 1 saturated heterocycles. The van der Waals surface area contributed by atoms with Crippen molar-refractivity contribution in [2.45, 2.75) is 19.8 Å². The summed E-state index contributed by atoms with van der Waals surface area (Å²) in [6.07, 6.45) is 2.74. The standard InChI is InChI=1S/C9H16BrN/c1-8-4-3-5-11(6-8)7-9(2)10/h8H,2-7H2,1H3. The summed E-state index contributed by atoms with van der Waals surface area (Å²) in [6, 6.07) is 0. The maximum Gasteiger partial charge on any atom is 0.0294 e. The van der Waals surface area contributed by atoms with Gasteiger partial charge >= 0.3 is 0 Å². The van der Waals surface area contributed by atoms with Crippen molar-refractivity contribution in [1.29, 1.82) is 0 Å². The fourth-order valence-electron chi connectivity index (χ4n) is 1.67. The Bertz CT molecular complexity index is 144. The van der Waals surface area contributed by atoms with Crippen LogP contribution in [0.15, 0.2) is 11.1 Å². The summed E-state index contributed by atoms with van der Waals surface area (Å²) in [5, 5.41) is 0. The van der Waals surface area contributed by atoms with E-state index < -0.39 is 0 Å². The maximum atomic E-state index is 3.85. The highest BCUT2D eigenvalue weighted by molar-refractivity contribution is 9.11. The van der Waals surface area contributed by atoms with Crippen molar-refractivity contribution in [2.24, 2.45) is 5.92 Å². The average molecular weight is 218 g/mol. The lowest BCUT2D eigenvalue weighted by atomic mass is 10.0. The van der Waals surface area contributed by atoms with Gasteiger partial charge in [-0.05, 0) is 25.3 Å². The van der Waals surface area contributed by atoms with E-state index in [0.717, 1.165) is 16.9 Å². The SMILES string of the molecule is C=C(Br)CN1CCCC(C)C1. The second kappa shape index (κ2) is 4.27. The number of hydrogen-bond acceptors (Lipinski definition) is 1. The van der Waals surface area contributed by atoms with E-state index in [2.05, 4.69) is 34.3 Å². The lowest BCUT2D eigenvalue weighted by molar-refractivity contribution is 0.201. The molecule has 64 valence electrons. The third-order valence-corrected chi connectivity index (χ3v) is 2.39. The molecule has 11 heavy (non-hydrogen) atoms. The first-order chi connectivity index (χ1) is 5.18. The smallest absolute Gasteiger partial charge is 0.0294 e. The van der Waals surface area contributed by atoms with Crippen molar-refractivity contribution in [1.82, 2.24) is 4.90 Å². The van der Waals surface area contributed by atoms with Crippen LogP contribution >= 0.6 is 15.9 Å². The molecule has 0 radical (unpaired) electrons. The highest BCUT2D eigenvalue weighted by Gasteiger charge is 2.15. The van der Waals surface area contributed by atoms with Crippen LogP contribution in [0.3, 0.4) is 0 Å². The van der Waals surface area contributed by atoms with Crippen LogP contribution < -0.4 is 0 Å². The molecule has 0 bridgehead atoms. The second-order valence-corrected chi connectivity index (χ2v) is 4.62. The summed E-state index contributed by atoms with van der Waals surface area (Å²) in [5.41, 5.74) is 0. The van der Waals surface area contributed by atoms with Crippen LogP contribution in [0.2, 0.25) is 0 Å². The lowest BCUT2D eigenvalue weighted by Crippen LogP contribution is -2.34. The maximum absolute atomic E-state index is 3.85. The summed E-state index contributed by atoms with van der Waals surface area (Å²) in [4.78, 5) is 2.46. The van der Waals surface area contributed by atoms with Gasteiger partial charge < -0.3 is 0 Å². The number of rotatable bonds is 2. The molecule has 1 nitrogen and oxygen atoms in total. The first kappa shape index (κ1) is 9.27. The zero-order valence-corrected chi connectivity index (χ0v) is 8.73. The predicted molar refractivity (Wildman–Crippen MR) is 52.9 cm³/mol. The first-order valence-corrected chi connectivity index (χ1v) is 5.03. The Morgan fingerprint density at radius 2 is 2.45 bits per heavy atom. The molecule has 1 unspecified atom stereocenters. The van der Waals surface area contributed by atoms with Crippen LogP contribution in [0, 0.1) is 5.92 Å². The summed E-state index contributed by atoms with van der Waals surface area (Å²) in [7, 11) is 0. The second-order valence-electron chi connectivity index (χ2n) is 3.50. The van der Waals surface area contributed by atoms with Crippen LogP contribution in [-0.4, -0.2) is 24.5 Å². The molecule has 0 aromatic heterocycles. The molecule has 0 aliphatic carbocycles. The average Bonchev–Trinajstić information content (AvgIpc) is 1.85. The third kappa shape index (κ3) is 3.39. The number of halogens is 1. The molecule has 2 heteroatoms. The van der Waals surface area contributed by atoms with E-state index in [0.29, 0.717) is 0 Å². The largest absolute Gasteiger partial charge is 0.298 e. The van der Waals surface area contributed by atoms with Crippen molar-refractivity contribution in [3.63, 3.8) is 0 Å². The number of likely N-dealkylation sites (tertiary alicyclic amines) is 1. The first-order valence-electron chi connectivity index (χ1n) is 4.24. The van der Waals surface area contributed by atoms with Crippen molar-refractivity contribution in [3.05, 3.63) is 11.1 Å². The van der Waals surface area contributed by atoms with Gasteiger partial charge in [0.15, 0.2) is 0 Å². The molecule has 1 aliphatic heterocycles. The van der Waals surface area contributed by atoms with Gasteiger partial charge in [0.2, 0.25) is 0 Å². The van der Waals surface area contributed by atoms with Gasteiger partial charge in [-0.3, -0.25) is 4.90 Å². The molecule has 1 atom stereocenters. The molecule has 1 heterocycles. The van der Waals surface area contributed by atoms with Crippen molar-refractivity contribution >= 4 is 15.9 Å². The molecule has 1 rings (SSSR count).